The summed E-state index contributed by atoms with van der Waals surface area (Å²) in [6.07, 6.45) is 5.25. The summed E-state index contributed by atoms with van der Waals surface area (Å²) in [4.78, 5) is 8.82. The number of piperidine rings is 1. The molecule has 0 spiro atoms. The van der Waals surface area contributed by atoms with Crippen molar-refractivity contribution in [2.75, 3.05) is 23.7 Å². The molecule has 0 unspecified atom stereocenters. The minimum atomic E-state index is -3.48. The third kappa shape index (κ3) is 4.74. The lowest BCUT2D eigenvalue weighted by Crippen LogP contribution is -2.35. The average molecular weight is 426 g/mol. The molecule has 0 saturated carbocycles. The second-order valence-corrected chi connectivity index (χ2v) is 8.75. The number of nitrogens with zero attached hydrogens (tertiary/aromatic N) is 3. The molecule has 155 valence electrons. The maximum Gasteiger partial charge on any atom is 0.243 e. The lowest BCUT2D eigenvalue weighted by molar-refractivity contribution is 0.384. The van der Waals surface area contributed by atoms with Gasteiger partial charge in [-0.2, -0.15) is 9.29 Å². The Bertz CT molecular complexity index is 1100. The van der Waals surface area contributed by atoms with Crippen LogP contribution >= 0.6 is 0 Å². The fourth-order valence-electron chi connectivity index (χ4n) is 3.13. The molecule has 0 bridgehead atoms. The van der Waals surface area contributed by atoms with Gasteiger partial charge in [-0.05, 0) is 73.9 Å². The van der Waals surface area contributed by atoms with Crippen LogP contribution in [0.15, 0.2) is 65.7 Å². The summed E-state index contributed by atoms with van der Waals surface area (Å²) in [5.41, 5.74) is 1.37. The fraction of sp³-hybridized carbons (Fsp3) is 0.190. The summed E-state index contributed by atoms with van der Waals surface area (Å²) in [7, 11) is -3.48. The summed E-state index contributed by atoms with van der Waals surface area (Å²) >= 11 is 0. The van der Waals surface area contributed by atoms with E-state index in [1.54, 1.807) is 48.7 Å². The molecule has 1 aromatic heterocycles. The van der Waals surface area contributed by atoms with E-state index in [4.69, 9.17) is 0 Å². The van der Waals surface area contributed by atoms with Crippen molar-refractivity contribution in [1.29, 1.82) is 0 Å². The lowest BCUT2D eigenvalue weighted by Gasteiger charge is -2.25. The normalized spacial score (nSPS) is 15.0. The number of halogens is 1. The summed E-state index contributed by atoms with van der Waals surface area (Å²) in [6.45, 7) is 1.04. The van der Waals surface area contributed by atoms with E-state index in [1.807, 2.05) is 0 Å². The van der Waals surface area contributed by atoms with Crippen LogP contribution < -0.4 is 10.6 Å². The zero-order valence-electron chi connectivity index (χ0n) is 16.1. The largest absolute Gasteiger partial charge is 0.340 e. The molecule has 0 amide bonds. The van der Waals surface area contributed by atoms with Crippen molar-refractivity contribution in [2.24, 2.45) is 0 Å². The Hall–Kier alpha value is -3.04. The van der Waals surface area contributed by atoms with Crippen LogP contribution in [0.5, 0.6) is 0 Å². The Balaban J connectivity index is 1.45. The molecule has 2 N–H and O–H groups in total. The van der Waals surface area contributed by atoms with Gasteiger partial charge in [0.25, 0.3) is 0 Å². The Morgan fingerprint density at radius 3 is 2.20 bits per heavy atom. The average Bonchev–Trinajstić information content (AvgIpc) is 2.77. The fourth-order valence-corrected chi connectivity index (χ4v) is 4.59. The molecule has 0 atom stereocenters. The van der Waals surface area contributed by atoms with E-state index < -0.39 is 10.0 Å². The van der Waals surface area contributed by atoms with Gasteiger partial charge >= 0.3 is 0 Å². The smallest absolute Gasteiger partial charge is 0.243 e. The Morgan fingerprint density at radius 1 is 0.867 bits per heavy atom. The Labute approximate surface area is 175 Å². The first kappa shape index (κ1) is 20.2. The zero-order valence-corrected chi connectivity index (χ0v) is 16.9. The van der Waals surface area contributed by atoms with Gasteiger partial charge in [0.05, 0.1) is 4.90 Å². The summed E-state index contributed by atoms with van der Waals surface area (Å²) in [5, 5.41) is 6.14. The van der Waals surface area contributed by atoms with Crippen LogP contribution in [0.2, 0.25) is 0 Å². The number of benzene rings is 2. The van der Waals surface area contributed by atoms with Crippen molar-refractivity contribution < 1.29 is 12.8 Å². The topological polar surface area (TPSA) is 87.2 Å². The second kappa shape index (κ2) is 8.76. The van der Waals surface area contributed by atoms with Gasteiger partial charge in [-0.1, -0.05) is 0 Å². The number of aromatic nitrogens is 2. The molecule has 4 rings (SSSR count). The Kier molecular flexibility index (Phi) is 5.91. The predicted molar refractivity (Wildman–Crippen MR) is 114 cm³/mol. The molecule has 2 heterocycles. The molecular formula is C21H21FN5O2S. The molecule has 9 heteroatoms. The number of hydrogen-bond acceptors (Lipinski definition) is 6. The molecule has 7 nitrogen and oxygen atoms in total. The van der Waals surface area contributed by atoms with Gasteiger partial charge < -0.3 is 10.6 Å². The molecule has 1 saturated heterocycles. The van der Waals surface area contributed by atoms with Gasteiger partial charge in [-0.25, -0.2) is 17.8 Å². The van der Waals surface area contributed by atoms with Crippen molar-refractivity contribution >= 4 is 33.2 Å². The van der Waals surface area contributed by atoms with E-state index in [9.17, 15) is 12.8 Å². The van der Waals surface area contributed by atoms with E-state index in [-0.39, 0.29) is 10.7 Å². The minimum Gasteiger partial charge on any atom is -0.340 e. The first-order chi connectivity index (χ1) is 14.5. The Morgan fingerprint density at radius 2 is 1.50 bits per heavy atom. The lowest BCUT2D eigenvalue weighted by atomic mass is 10.2. The monoisotopic (exact) mass is 426 g/mol. The van der Waals surface area contributed by atoms with E-state index in [0.29, 0.717) is 36.2 Å². The summed E-state index contributed by atoms with van der Waals surface area (Å²) in [6, 6.07) is 14.2. The second-order valence-electron chi connectivity index (χ2n) is 6.82. The first-order valence-electron chi connectivity index (χ1n) is 9.55. The molecule has 1 radical (unpaired) electrons. The van der Waals surface area contributed by atoms with Gasteiger partial charge in [0, 0.05) is 30.7 Å². The number of sulfonamides is 1. The number of hydrogen-bond donors (Lipinski definition) is 2. The van der Waals surface area contributed by atoms with Crippen molar-refractivity contribution in [1.82, 2.24) is 14.3 Å². The van der Waals surface area contributed by atoms with Crippen molar-refractivity contribution in [3.05, 3.63) is 73.0 Å². The van der Waals surface area contributed by atoms with Crippen LogP contribution in [0, 0.1) is 12.2 Å². The molecule has 0 aliphatic carbocycles. The van der Waals surface area contributed by atoms with Crippen LogP contribution in [0.3, 0.4) is 0 Å². The molecular weight excluding hydrogens is 405 g/mol. The van der Waals surface area contributed by atoms with Gasteiger partial charge in [0.2, 0.25) is 16.0 Å². The molecule has 1 aliphatic rings. The quantitative estimate of drug-likeness (QED) is 0.617. The highest BCUT2D eigenvalue weighted by molar-refractivity contribution is 7.89. The minimum absolute atomic E-state index is 0.266. The highest BCUT2D eigenvalue weighted by Crippen LogP contribution is 2.23. The molecule has 3 aromatic rings. The van der Waals surface area contributed by atoms with Crippen LogP contribution in [0.25, 0.3) is 0 Å². The van der Waals surface area contributed by atoms with Crippen molar-refractivity contribution in [3.8, 4) is 0 Å². The third-order valence-corrected chi connectivity index (χ3v) is 6.60. The number of rotatable bonds is 6. The van der Waals surface area contributed by atoms with Crippen LogP contribution in [0.1, 0.15) is 12.8 Å². The first-order valence-corrected chi connectivity index (χ1v) is 11.0. The molecule has 1 aliphatic heterocycles. The van der Waals surface area contributed by atoms with Crippen molar-refractivity contribution in [2.45, 2.75) is 17.7 Å². The third-order valence-electron chi connectivity index (χ3n) is 4.69. The van der Waals surface area contributed by atoms with Crippen molar-refractivity contribution in [3.63, 3.8) is 0 Å². The SMILES string of the molecule is O=S(=O)(c1ccc(Nc2nccc(Nc3ccc(F)cc3)n2)cc1)N1CC[CH]CC1. The van der Waals surface area contributed by atoms with Gasteiger partial charge in [-0.15, -0.1) is 0 Å². The van der Waals surface area contributed by atoms with Crippen LogP contribution in [0.4, 0.5) is 27.5 Å². The number of anilines is 4. The summed E-state index contributed by atoms with van der Waals surface area (Å²) < 4.78 is 40.0. The molecule has 30 heavy (non-hydrogen) atoms. The highest BCUT2D eigenvalue weighted by Gasteiger charge is 2.25. The zero-order chi connectivity index (χ0) is 21.0. The maximum atomic E-state index is 13.0. The van der Waals surface area contributed by atoms with Crippen LogP contribution in [-0.2, 0) is 10.0 Å². The van der Waals surface area contributed by atoms with E-state index in [2.05, 4.69) is 27.0 Å². The maximum absolute atomic E-state index is 13.0. The van der Waals surface area contributed by atoms with E-state index in [0.717, 1.165) is 12.8 Å². The van der Waals surface area contributed by atoms with Gasteiger partial charge in [0.1, 0.15) is 11.6 Å². The molecule has 1 fully saturated rings. The van der Waals surface area contributed by atoms with Gasteiger partial charge in [-0.3, -0.25) is 0 Å². The highest BCUT2D eigenvalue weighted by atomic mass is 32.2. The van der Waals surface area contributed by atoms with E-state index >= 15 is 0 Å². The predicted octanol–water partition coefficient (Wildman–Crippen LogP) is 4.09. The number of nitrogens with one attached hydrogen (secondary N) is 2. The summed E-state index contributed by atoms with van der Waals surface area (Å²) in [5.74, 6) is 0.583. The standard InChI is InChI=1S/C21H21FN5O2S/c22-16-4-6-17(7-5-16)24-20-12-13-23-21(26-20)25-18-8-10-19(11-9-18)30(28,29)27-14-2-1-3-15-27/h1,4-13H,2-3,14-15H2,(H2,23,24,25,26). The van der Waals surface area contributed by atoms with E-state index in [1.165, 1.54) is 16.4 Å². The van der Waals surface area contributed by atoms with Crippen LogP contribution in [-0.4, -0.2) is 35.8 Å². The molecule has 2 aromatic carbocycles. The van der Waals surface area contributed by atoms with Gasteiger partial charge in [0.15, 0.2) is 0 Å².